The lowest BCUT2D eigenvalue weighted by Crippen LogP contribution is -2.06. The van der Waals surface area contributed by atoms with E-state index in [-0.39, 0.29) is 6.01 Å². The van der Waals surface area contributed by atoms with Crippen LogP contribution in [0, 0.1) is 20.8 Å². The van der Waals surface area contributed by atoms with Gasteiger partial charge in [-0.05, 0) is 55.2 Å². The molecule has 0 aliphatic carbocycles. The van der Waals surface area contributed by atoms with Gasteiger partial charge in [0.15, 0.2) is 0 Å². The van der Waals surface area contributed by atoms with Crippen molar-refractivity contribution in [2.45, 2.75) is 34.0 Å². The summed E-state index contributed by atoms with van der Waals surface area (Å²) < 4.78 is 18.1. The summed E-state index contributed by atoms with van der Waals surface area (Å²) in [7, 11) is 0. The molecule has 0 atom stereocenters. The van der Waals surface area contributed by atoms with E-state index in [0.29, 0.717) is 36.3 Å². The minimum Gasteiger partial charge on any atom is -0.472 e. The van der Waals surface area contributed by atoms with Crippen LogP contribution in [-0.2, 0) is 13.2 Å². The molecule has 0 N–H and O–H groups in total. The molecule has 32 heavy (non-hydrogen) atoms. The van der Waals surface area contributed by atoms with E-state index < -0.39 is 0 Å². The molecule has 0 fully saturated rings. The zero-order chi connectivity index (χ0) is 22.3. The third-order valence-electron chi connectivity index (χ3n) is 4.87. The molecule has 0 amide bonds. The lowest BCUT2D eigenvalue weighted by atomic mass is 10.1. The second-order valence-electron chi connectivity index (χ2n) is 7.72. The lowest BCUT2D eigenvalue weighted by Gasteiger charge is -2.15. The van der Waals surface area contributed by atoms with Crippen molar-refractivity contribution in [3.8, 4) is 23.5 Å². The fourth-order valence-electron chi connectivity index (χ4n) is 3.31. The first-order chi connectivity index (χ1) is 15.6. The molecule has 3 aromatic carbocycles. The minimum atomic E-state index is 0.210. The fraction of sp³-hybridized carbons (Fsp3) is 0.185. The molecule has 0 spiro atoms. The molecule has 0 aliphatic rings. The van der Waals surface area contributed by atoms with E-state index in [0.717, 1.165) is 22.3 Å². The molecule has 0 saturated carbocycles. The van der Waals surface area contributed by atoms with Crippen LogP contribution in [0.3, 0.4) is 0 Å². The number of benzene rings is 3. The number of hydrogen-bond donors (Lipinski definition) is 0. The van der Waals surface area contributed by atoms with E-state index in [1.165, 1.54) is 0 Å². The van der Waals surface area contributed by atoms with Crippen molar-refractivity contribution in [2.75, 3.05) is 0 Å². The Morgan fingerprint density at radius 1 is 0.625 bits per heavy atom. The maximum absolute atomic E-state index is 6.15. The van der Waals surface area contributed by atoms with Crippen LogP contribution in [0.15, 0.2) is 78.9 Å². The Hall–Kier alpha value is -3.86. The molecule has 4 aromatic rings. The Bertz CT molecular complexity index is 1160. The van der Waals surface area contributed by atoms with Crippen LogP contribution >= 0.6 is 0 Å². The van der Waals surface area contributed by atoms with E-state index in [4.69, 9.17) is 14.2 Å². The molecule has 0 saturated heterocycles. The molecule has 0 unspecified atom stereocenters. The molecule has 5 heteroatoms. The van der Waals surface area contributed by atoms with Gasteiger partial charge in [-0.2, -0.15) is 9.97 Å². The van der Waals surface area contributed by atoms with Gasteiger partial charge in [0.05, 0.1) is 5.56 Å². The largest absolute Gasteiger partial charge is 0.472 e. The van der Waals surface area contributed by atoms with Crippen molar-refractivity contribution in [1.29, 1.82) is 0 Å². The minimum absolute atomic E-state index is 0.210. The highest BCUT2D eigenvalue weighted by Crippen LogP contribution is 2.32. The monoisotopic (exact) mass is 426 g/mol. The summed E-state index contributed by atoms with van der Waals surface area (Å²) in [6.45, 7) is 6.70. The van der Waals surface area contributed by atoms with Crippen LogP contribution in [0.25, 0.3) is 0 Å². The van der Waals surface area contributed by atoms with Gasteiger partial charge in [0.25, 0.3) is 0 Å². The summed E-state index contributed by atoms with van der Waals surface area (Å²) in [5.41, 5.74) is 5.03. The van der Waals surface area contributed by atoms with Crippen LogP contribution < -0.4 is 14.2 Å². The van der Waals surface area contributed by atoms with Crippen molar-refractivity contribution in [1.82, 2.24) is 9.97 Å². The van der Waals surface area contributed by atoms with Crippen molar-refractivity contribution < 1.29 is 14.2 Å². The average molecular weight is 427 g/mol. The molecule has 162 valence electrons. The van der Waals surface area contributed by atoms with E-state index in [1.54, 1.807) is 0 Å². The summed E-state index contributed by atoms with van der Waals surface area (Å²) in [6.07, 6.45) is 0. The van der Waals surface area contributed by atoms with Crippen LogP contribution in [0.4, 0.5) is 0 Å². The van der Waals surface area contributed by atoms with Gasteiger partial charge in [0.1, 0.15) is 19.0 Å². The highest BCUT2D eigenvalue weighted by molar-refractivity contribution is 5.41. The quantitative estimate of drug-likeness (QED) is 0.328. The zero-order valence-corrected chi connectivity index (χ0v) is 18.5. The smallest absolute Gasteiger partial charge is 0.323 e. The van der Waals surface area contributed by atoms with Gasteiger partial charge < -0.3 is 14.2 Å². The second-order valence-corrected chi connectivity index (χ2v) is 7.72. The highest BCUT2D eigenvalue weighted by Gasteiger charge is 2.16. The number of rotatable bonds is 8. The lowest BCUT2D eigenvalue weighted by molar-refractivity contribution is 0.251. The number of ether oxygens (including phenoxy) is 3. The fourth-order valence-corrected chi connectivity index (χ4v) is 3.31. The summed E-state index contributed by atoms with van der Waals surface area (Å²) in [5, 5.41) is 0. The van der Waals surface area contributed by atoms with Crippen LogP contribution in [0.1, 0.15) is 27.8 Å². The molecule has 0 bridgehead atoms. The van der Waals surface area contributed by atoms with E-state index in [1.807, 2.05) is 93.6 Å². The molecule has 0 radical (unpaired) electrons. The normalized spacial score (nSPS) is 10.6. The zero-order valence-electron chi connectivity index (χ0n) is 18.5. The van der Waals surface area contributed by atoms with Gasteiger partial charge in [0.2, 0.25) is 11.8 Å². The Kier molecular flexibility index (Phi) is 6.66. The van der Waals surface area contributed by atoms with Crippen LogP contribution in [0.2, 0.25) is 0 Å². The van der Waals surface area contributed by atoms with Gasteiger partial charge in [0, 0.05) is 0 Å². The summed E-state index contributed by atoms with van der Waals surface area (Å²) in [6, 6.07) is 26.1. The number of aromatic nitrogens is 2. The van der Waals surface area contributed by atoms with Gasteiger partial charge in [-0.1, -0.05) is 66.7 Å². The van der Waals surface area contributed by atoms with Gasteiger partial charge >= 0.3 is 6.01 Å². The second kappa shape index (κ2) is 9.96. The van der Waals surface area contributed by atoms with Crippen LogP contribution in [-0.4, -0.2) is 9.97 Å². The first-order valence-electron chi connectivity index (χ1n) is 10.5. The first-order valence-corrected chi connectivity index (χ1v) is 10.5. The molecule has 0 aliphatic heterocycles. The molecular formula is C27H26N2O3. The van der Waals surface area contributed by atoms with Crippen LogP contribution in [0.5, 0.6) is 23.5 Å². The van der Waals surface area contributed by atoms with Crippen molar-refractivity contribution in [2.24, 2.45) is 0 Å². The number of nitrogens with zero attached hydrogens (tertiary/aromatic N) is 2. The molecule has 4 rings (SSSR count). The number of hydrogen-bond acceptors (Lipinski definition) is 5. The van der Waals surface area contributed by atoms with E-state index in [2.05, 4.69) is 16.0 Å². The topological polar surface area (TPSA) is 53.5 Å². The Morgan fingerprint density at radius 3 is 1.75 bits per heavy atom. The predicted molar refractivity (Wildman–Crippen MR) is 124 cm³/mol. The summed E-state index contributed by atoms with van der Waals surface area (Å²) in [5.74, 6) is 1.56. The third kappa shape index (κ3) is 5.64. The third-order valence-corrected chi connectivity index (χ3v) is 4.87. The van der Waals surface area contributed by atoms with Gasteiger partial charge in [-0.25, -0.2) is 0 Å². The highest BCUT2D eigenvalue weighted by atomic mass is 16.5. The first kappa shape index (κ1) is 21.4. The van der Waals surface area contributed by atoms with E-state index >= 15 is 0 Å². The molecule has 1 aromatic heterocycles. The maximum atomic E-state index is 6.15. The van der Waals surface area contributed by atoms with Gasteiger partial charge in [-0.3, -0.25) is 0 Å². The predicted octanol–water partition coefficient (Wildman–Crippen LogP) is 6.35. The van der Waals surface area contributed by atoms with Crippen molar-refractivity contribution in [3.63, 3.8) is 0 Å². The Labute approximate surface area is 188 Å². The molecule has 1 heterocycles. The maximum Gasteiger partial charge on any atom is 0.323 e. The SMILES string of the molecule is Cc1cc(C)cc(Oc2nc(OCc3ccccc3)nc(OCc3ccccc3)c2C)c1. The standard InChI is InChI=1S/C27H26N2O3/c1-19-14-20(2)16-24(15-19)32-26-21(3)25(30-17-22-10-6-4-7-11-22)28-27(29-26)31-18-23-12-8-5-9-13-23/h4-16H,17-18H2,1-3H3. The average Bonchev–Trinajstić information content (AvgIpc) is 2.79. The Balaban J connectivity index is 1.61. The molecule has 5 nitrogen and oxygen atoms in total. The van der Waals surface area contributed by atoms with Crippen molar-refractivity contribution >= 4 is 0 Å². The van der Waals surface area contributed by atoms with Gasteiger partial charge in [-0.15, -0.1) is 0 Å². The summed E-state index contributed by atoms with van der Waals surface area (Å²) in [4.78, 5) is 9.03. The molecular weight excluding hydrogens is 400 g/mol. The van der Waals surface area contributed by atoms with Crippen molar-refractivity contribution in [3.05, 3.63) is 107 Å². The Morgan fingerprint density at radius 2 is 1.16 bits per heavy atom. The number of aryl methyl sites for hydroxylation is 2. The van der Waals surface area contributed by atoms with E-state index in [9.17, 15) is 0 Å². The summed E-state index contributed by atoms with van der Waals surface area (Å²) >= 11 is 0.